The maximum absolute atomic E-state index is 11.8. The van der Waals surface area contributed by atoms with E-state index in [2.05, 4.69) is 16.9 Å². The lowest BCUT2D eigenvalue weighted by molar-refractivity contribution is 0.635. The molecule has 96 valence electrons. The predicted molar refractivity (Wildman–Crippen MR) is 75.8 cm³/mol. The van der Waals surface area contributed by atoms with Crippen molar-refractivity contribution in [2.75, 3.05) is 0 Å². The summed E-state index contributed by atoms with van der Waals surface area (Å²) in [4.78, 5) is 11.8. The Hall–Kier alpha value is -2.34. The van der Waals surface area contributed by atoms with Crippen LogP contribution in [0.25, 0.3) is 0 Å². The highest BCUT2D eigenvalue weighted by Crippen LogP contribution is 2.00. The monoisotopic (exact) mass is 252 g/mol. The molecule has 19 heavy (non-hydrogen) atoms. The van der Waals surface area contributed by atoms with E-state index in [0.29, 0.717) is 12.2 Å². The van der Waals surface area contributed by atoms with Crippen LogP contribution >= 0.6 is 0 Å². The molecule has 3 nitrogen and oxygen atoms in total. The van der Waals surface area contributed by atoms with E-state index < -0.39 is 0 Å². The third-order valence-electron chi connectivity index (χ3n) is 2.53. The fourth-order valence-electron chi connectivity index (χ4n) is 1.60. The van der Waals surface area contributed by atoms with Crippen molar-refractivity contribution in [1.29, 1.82) is 0 Å². The van der Waals surface area contributed by atoms with Crippen LogP contribution in [0.3, 0.4) is 0 Å². The number of rotatable bonds is 2. The molecule has 0 bridgehead atoms. The topological polar surface area (TPSA) is 34.9 Å². The van der Waals surface area contributed by atoms with Gasteiger partial charge in [-0.2, -0.15) is 5.10 Å². The first-order valence-corrected chi connectivity index (χ1v) is 6.29. The summed E-state index contributed by atoms with van der Waals surface area (Å²) in [7, 11) is 0. The molecule has 0 saturated carbocycles. The zero-order valence-electron chi connectivity index (χ0n) is 11.1. The van der Waals surface area contributed by atoms with Crippen LogP contribution in [-0.4, -0.2) is 9.78 Å². The maximum atomic E-state index is 11.8. The fourth-order valence-corrected chi connectivity index (χ4v) is 1.60. The summed E-state index contributed by atoms with van der Waals surface area (Å²) in [6.45, 7) is 4.51. The third-order valence-corrected chi connectivity index (χ3v) is 2.53. The Kier molecular flexibility index (Phi) is 4.15. The summed E-state index contributed by atoms with van der Waals surface area (Å²) in [6, 6.07) is 13.0. The van der Waals surface area contributed by atoms with Gasteiger partial charge in [0.15, 0.2) is 0 Å². The second kappa shape index (κ2) is 6.01. The zero-order chi connectivity index (χ0) is 13.7. The van der Waals surface area contributed by atoms with Gasteiger partial charge in [-0.15, -0.1) is 0 Å². The van der Waals surface area contributed by atoms with Crippen molar-refractivity contribution in [2.45, 2.75) is 20.4 Å². The molecule has 0 saturated heterocycles. The Labute approximate surface area is 112 Å². The molecule has 0 spiro atoms. The van der Waals surface area contributed by atoms with Crippen LogP contribution in [0.1, 0.15) is 25.1 Å². The van der Waals surface area contributed by atoms with Gasteiger partial charge in [-0.05, 0) is 17.6 Å². The normalized spacial score (nSPS) is 10.1. The first-order valence-electron chi connectivity index (χ1n) is 6.29. The van der Waals surface area contributed by atoms with Gasteiger partial charge in [0.05, 0.1) is 6.54 Å². The van der Waals surface area contributed by atoms with E-state index >= 15 is 0 Å². The molecule has 0 N–H and O–H groups in total. The highest BCUT2D eigenvalue weighted by Gasteiger charge is 2.00. The lowest BCUT2D eigenvalue weighted by Crippen LogP contribution is -2.23. The molecule has 0 aliphatic carbocycles. The average Bonchev–Trinajstić information content (AvgIpc) is 2.41. The Morgan fingerprint density at radius 3 is 2.58 bits per heavy atom. The van der Waals surface area contributed by atoms with Crippen molar-refractivity contribution in [3.05, 3.63) is 64.1 Å². The molecule has 0 fully saturated rings. The van der Waals surface area contributed by atoms with Gasteiger partial charge in [-0.1, -0.05) is 50.1 Å². The van der Waals surface area contributed by atoms with Crippen LogP contribution in [0.5, 0.6) is 0 Å². The summed E-state index contributed by atoms with van der Waals surface area (Å²) in [5.41, 5.74) is 1.56. The average molecular weight is 252 g/mol. The van der Waals surface area contributed by atoms with E-state index in [1.807, 2.05) is 44.2 Å². The van der Waals surface area contributed by atoms with Gasteiger partial charge in [0, 0.05) is 12.0 Å². The van der Waals surface area contributed by atoms with Gasteiger partial charge < -0.3 is 0 Å². The van der Waals surface area contributed by atoms with Crippen LogP contribution in [-0.2, 0) is 6.54 Å². The van der Waals surface area contributed by atoms with Gasteiger partial charge in [0.2, 0.25) is 0 Å². The molecule has 0 radical (unpaired) electrons. The molecule has 3 heteroatoms. The largest absolute Gasteiger partial charge is 0.268 e. The van der Waals surface area contributed by atoms with Crippen molar-refractivity contribution in [3.8, 4) is 11.8 Å². The molecule has 2 rings (SSSR count). The van der Waals surface area contributed by atoms with Crippen LogP contribution in [0.2, 0.25) is 0 Å². The van der Waals surface area contributed by atoms with Crippen molar-refractivity contribution in [1.82, 2.24) is 9.78 Å². The predicted octanol–water partition coefficient (Wildman–Crippen LogP) is 2.30. The summed E-state index contributed by atoms with van der Waals surface area (Å²) in [5, 5.41) is 4.27. The molecule has 0 atom stereocenters. The molecule has 0 aliphatic rings. The minimum atomic E-state index is -0.112. The smallest absolute Gasteiger partial charge is 0.267 e. The van der Waals surface area contributed by atoms with Gasteiger partial charge in [-0.25, -0.2) is 4.68 Å². The Morgan fingerprint density at radius 1 is 1.16 bits per heavy atom. The summed E-state index contributed by atoms with van der Waals surface area (Å²) in [6.07, 6.45) is 0. The second-order valence-electron chi connectivity index (χ2n) is 4.62. The Bertz CT molecular complexity index is 660. The standard InChI is InChI=1S/C16H16N2O/c1-13(2)8-9-15-10-11-16(19)18(17-15)12-14-6-4-3-5-7-14/h3-7,10-11,13H,12H2,1-2H3. The molecule has 0 aliphatic heterocycles. The molecule has 1 aromatic carbocycles. The summed E-state index contributed by atoms with van der Waals surface area (Å²) < 4.78 is 1.44. The highest BCUT2D eigenvalue weighted by molar-refractivity contribution is 5.26. The minimum Gasteiger partial charge on any atom is -0.268 e. The molecule has 2 aromatic rings. The maximum Gasteiger partial charge on any atom is 0.267 e. The van der Waals surface area contributed by atoms with E-state index in [0.717, 1.165) is 5.56 Å². The van der Waals surface area contributed by atoms with Gasteiger partial charge in [0.1, 0.15) is 5.69 Å². The fraction of sp³-hybridized carbons (Fsp3) is 0.250. The molecule has 0 amide bonds. The van der Waals surface area contributed by atoms with Crippen molar-refractivity contribution in [3.63, 3.8) is 0 Å². The number of benzene rings is 1. The third kappa shape index (κ3) is 3.82. The number of hydrogen-bond acceptors (Lipinski definition) is 2. The van der Waals surface area contributed by atoms with Crippen LogP contribution in [0, 0.1) is 17.8 Å². The molecular weight excluding hydrogens is 236 g/mol. The van der Waals surface area contributed by atoms with E-state index in [9.17, 15) is 4.79 Å². The van der Waals surface area contributed by atoms with Crippen molar-refractivity contribution >= 4 is 0 Å². The summed E-state index contributed by atoms with van der Waals surface area (Å²) in [5.74, 6) is 6.31. The molecule has 0 unspecified atom stereocenters. The summed E-state index contributed by atoms with van der Waals surface area (Å²) >= 11 is 0. The van der Waals surface area contributed by atoms with Crippen LogP contribution in [0.4, 0.5) is 0 Å². The van der Waals surface area contributed by atoms with Crippen molar-refractivity contribution in [2.24, 2.45) is 5.92 Å². The van der Waals surface area contributed by atoms with E-state index in [1.54, 1.807) is 6.07 Å². The number of nitrogens with zero attached hydrogens (tertiary/aromatic N) is 2. The molecule has 1 aromatic heterocycles. The SMILES string of the molecule is CC(C)C#Cc1ccc(=O)n(Cc2ccccc2)n1. The van der Waals surface area contributed by atoms with Gasteiger partial charge in [-0.3, -0.25) is 4.79 Å². The van der Waals surface area contributed by atoms with Crippen molar-refractivity contribution < 1.29 is 0 Å². The van der Waals surface area contributed by atoms with Crippen LogP contribution in [0.15, 0.2) is 47.3 Å². The van der Waals surface area contributed by atoms with Crippen LogP contribution < -0.4 is 5.56 Å². The first-order chi connectivity index (χ1) is 9.15. The number of hydrogen-bond donors (Lipinski definition) is 0. The Balaban J connectivity index is 2.29. The highest BCUT2D eigenvalue weighted by atomic mass is 16.1. The van der Waals surface area contributed by atoms with E-state index in [4.69, 9.17) is 0 Å². The lowest BCUT2D eigenvalue weighted by atomic mass is 10.2. The Morgan fingerprint density at radius 2 is 1.89 bits per heavy atom. The number of aromatic nitrogens is 2. The minimum absolute atomic E-state index is 0.112. The quantitative estimate of drug-likeness (QED) is 0.769. The molecule has 1 heterocycles. The van der Waals surface area contributed by atoms with E-state index in [-0.39, 0.29) is 11.5 Å². The molecular formula is C16H16N2O. The first kappa shape index (κ1) is 13.1. The van der Waals surface area contributed by atoms with Gasteiger partial charge >= 0.3 is 0 Å². The van der Waals surface area contributed by atoms with Gasteiger partial charge in [0.25, 0.3) is 5.56 Å². The van der Waals surface area contributed by atoms with E-state index in [1.165, 1.54) is 10.7 Å². The lowest BCUT2D eigenvalue weighted by Gasteiger charge is -2.04. The second-order valence-corrected chi connectivity index (χ2v) is 4.62. The zero-order valence-corrected chi connectivity index (χ0v) is 11.1.